The maximum Gasteiger partial charge on any atom is 0.262 e. The van der Waals surface area contributed by atoms with Gasteiger partial charge in [-0.15, -0.1) is 0 Å². The fourth-order valence-electron chi connectivity index (χ4n) is 3.30. The van der Waals surface area contributed by atoms with Crippen LogP contribution in [0.2, 0.25) is 0 Å². The highest BCUT2D eigenvalue weighted by Gasteiger charge is 2.18. The van der Waals surface area contributed by atoms with E-state index < -0.39 is 15.9 Å². The van der Waals surface area contributed by atoms with Crippen molar-refractivity contribution in [3.8, 4) is 5.75 Å². The number of amides is 2. The number of ether oxygens (including phenoxy) is 2. The highest BCUT2D eigenvalue weighted by atomic mass is 32.2. The molecule has 1 unspecified atom stereocenters. The normalized spacial score (nSPS) is 15.9. The van der Waals surface area contributed by atoms with Crippen LogP contribution in [0.3, 0.4) is 0 Å². The van der Waals surface area contributed by atoms with E-state index in [-0.39, 0.29) is 25.2 Å². The van der Waals surface area contributed by atoms with E-state index in [2.05, 4.69) is 10.6 Å². The SMILES string of the molecule is CN(Cc1ccc(OCC(=O)Nc2ccccc2C(=O)NCC2CCCO2)cc1)S(C)(=O)=O. The number of benzene rings is 2. The largest absolute Gasteiger partial charge is 0.484 e. The van der Waals surface area contributed by atoms with Crippen LogP contribution in [0.25, 0.3) is 0 Å². The quantitative estimate of drug-likeness (QED) is 0.543. The van der Waals surface area contributed by atoms with E-state index >= 15 is 0 Å². The fraction of sp³-hybridized carbons (Fsp3) is 0.391. The molecule has 178 valence electrons. The van der Waals surface area contributed by atoms with Gasteiger partial charge >= 0.3 is 0 Å². The summed E-state index contributed by atoms with van der Waals surface area (Å²) < 4.78 is 35.3. The zero-order valence-electron chi connectivity index (χ0n) is 18.7. The Labute approximate surface area is 194 Å². The molecule has 0 radical (unpaired) electrons. The van der Waals surface area contributed by atoms with Gasteiger partial charge in [-0.2, -0.15) is 0 Å². The number of nitrogens with one attached hydrogen (secondary N) is 2. The van der Waals surface area contributed by atoms with Crippen molar-refractivity contribution in [1.29, 1.82) is 0 Å². The van der Waals surface area contributed by atoms with Gasteiger partial charge in [0.1, 0.15) is 5.75 Å². The van der Waals surface area contributed by atoms with Crippen molar-refractivity contribution in [3.05, 3.63) is 59.7 Å². The first-order valence-electron chi connectivity index (χ1n) is 10.6. The van der Waals surface area contributed by atoms with E-state index in [1.807, 2.05) is 0 Å². The number of hydrogen-bond acceptors (Lipinski definition) is 6. The van der Waals surface area contributed by atoms with Crippen molar-refractivity contribution in [2.75, 3.05) is 38.4 Å². The third-order valence-corrected chi connectivity index (χ3v) is 6.49. The summed E-state index contributed by atoms with van der Waals surface area (Å²) in [5.74, 6) is -0.217. The van der Waals surface area contributed by atoms with Gasteiger partial charge < -0.3 is 20.1 Å². The van der Waals surface area contributed by atoms with Crippen molar-refractivity contribution in [2.24, 2.45) is 0 Å². The van der Waals surface area contributed by atoms with Crippen LogP contribution < -0.4 is 15.4 Å². The Bertz CT molecular complexity index is 1070. The summed E-state index contributed by atoms with van der Waals surface area (Å²) in [5, 5.41) is 5.57. The molecule has 0 spiro atoms. The smallest absolute Gasteiger partial charge is 0.262 e. The topological polar surface area (TPSA) is 114 Å². The lowest BCUT2D eigenvalue weighted by atomic mass is 10.1. The summed E-state index contributed by atoms with van der Waals surface area (Å²) >= 11 is 0. The van der Waals surface area contributed by atoms with Crippen molar-refractivity contribution in [3.63, 3.8) is 0 Å². The van der Waals surface area contributed by atoms with Crippen LogP contribution in [0.1, 0.15) is 28.8 Å². The minimum absolute atomic E-state index is 0.0299. The lowest BCUT2D eigenvalue weighted by Gasteiger charge is -2.15. The summed E-state index contributed by atoms with van der Waals surface area (Å²) in [4.78, 5) is 25.0. The van der Waals surface area contributed by atoms with Gasteiger partial charge in [0.05, 0.1) is 23.6 Å². The molecule has 1 aliphatic heterocycles. The Morgan fingerprint density at radius 3 is 2.55 bits per heavy atom. The first kappa shape index (κ1) is 24.7. The van der Waals surface area contributed by atoms with Crippen molar-refractivity contribution < 1.29 is 27.5 Å². The summed E-state index contributed by atoms with van der Waals surface area (Å²) in [6, 6.07) is 13.6. The number of nitrogens with zero attached hydrogens (tertiary/aromatic N) is 1. The number of anilines is 1. The van der Waals surface area contributed by atoms with Gasteiger partial charge in [0.15, 0.2) is 6.61 Å². The Morgan fingerprint density at radius 1 is 1.15 bits per heavy atom. The third-order valence-electron chi connectivity index (χ3n) is 5.22. The van der Waals surface area contributed by atoms with Crippen molar-refractivity contribution in [1.82, 2.24) is 9.62 Å². The first-order chi connectivity index (χ1) is 15.7. The lowest BCUT2D eigenvalue weighted by Crippen LogP contribution is -2.32. The molecule has 0 aliphatic carbocycles. The van der Waals surface area contributed by atoms with Crippen LogP contribution in [0.4, 0.5) is 5.69 Å². The van der Waals surface area contributed by atoms with Gasteiger partial charge in [0.2, 0.25) is 10.0 Å². The second kappa shape index (κ2) is 11.3. The summed E-state index contributed by atoms with van der Waals surface area (Å²) in [6.45, 7) is 1.15. The zero-order chi connectivity index (χ0) is 23.8. The molecule has 1 heterocycles. The minimum atomic E-state index is -3.27. The van der Waals surface area contributed by atoms with E-state index in [4.69, 9.17) is 9.47 Å². The number of hydrogen-bond donors (Lipinski definition) is 2. The van der Waals surface area contributed by atoms with Gasteiger partial charge in [0.25, 0.3) is 11.8 Å². The van der Waals surface area contributed by atoms with Crippen LogP contribution in [-0.4, -0.2) is 63.7 Å². The van der Waals surface area contributed by atoms with E-state index in [0.29, 0.717) is 30.2 Å². The Hall–Kier alpha value is -2.95. The Morgan fingerprint density at radius 2 is 1.88 bits per heavy atom. The van der Waals surface area contributed by atoms with Crippen LogP contribution >= 0.6 is 0 Å². The second-order valence-corrected chi connectivity index (χ2v) is 9.98. The maximum absolute atomic E-state index is 12.6. The van der Waals surface area contributed by atoms with Crippen LogP contribution in [-0.2, 0) is 26.1 Å². The standard InChI is InChI=1S/C23H29N3O6S/c1-26(33(2,29)30)15-17-9-11-18(12-10-17)32-16-22(27)25-21-8-4-3-7-20(21)23(28)24-14-19-6-5-13-31-19/h3-4,7-12,19H,5-6,13-16H2,1-2H3,(H,24,28)(H,25,27). The number of para-hydroxylation sites is 1. The van der Waals surface area contributed by atoms with Gasteiger partial charge in [-0.3, -0.25) is 9.59 Å². The molecule has 9 nitrogen and oxygen atoms in total. The predicted octanol–water partition coefficient (Wildman–Crippen LogP) is 2.00. The molecule has 1 saturated heterocycles. The molecule has 1 fully saturated rings. The van der Waals surface area contributed by atoms with Crippen LogP contribution in [0, 0.1) is 0 Å². The molecule has 33 heavy (non-hydrogen) atoms. The zero-order valence-corrected chi connectivity index (χ0v) is 19.6. The summed E-state index contributed by atoms with van der Waals surface area (Å²) in [5.41, 5.74) is 1.56. The van der Waals surface area contributed by atoms with E-state index in [0.717, 1.165) is 24.7 Å². The molecule has 10 heteroatoms. The minimum Gasteiger partial charge on any atom is -0.484 e. The van der Waals surface area contributed by atoms with Crippen LogP contribution in [0.5, 0.6) is 5.75 Å². The fourth-order valence-corrected chi connectivity index (χ4v) is 3.68. The predicted molar refractivity (Wildman–Crippen MR) is 125 cm³/mol. The molecule has 0 aromatic heterocycles. The monoisotopic (exact) mass is 475 g/mol. The van der Waals surface area contributed by atoms with Crippen molar-refractivity contribution in [2.45, 2.75) is 25.5 Å². The summed E-state index contributed by atoms with van der Waals surface area (Å²) in [6.07, 6.45) is 3.09. The van der Waals surface area contributed by atoms with Crippen LogP contribution in [0.15, 0.2) is 48.5 Å². The lowest BCUT2D eigenvalue weighted by molar-refractivity contribution is -0.118. The van der Waals surface area contributed by atoms with Crippen molar-refractivity contribution >= 4 is 27.5 Å². The van der Waals surface area contributed by atoms with Gasteiger partial charge in [0, 0.05) is 26.7 Å². The molecule has 0 bridgehead atoms. The molecular formula is C23H29N3O6S. The summed E-state index contributed by atoms with van der Waals surface area (Å²) in [7, 11) is -1.76. The average Bonchev–Trinajstić information content (AvgIpc) is 3.30. The Balaban J connectivity index is 1.51. The molecule has 2 amide bonds. The van der Waals surface area contributed by atoms with Gasteiger partial charge in [-0.1, -0.05) is 24.3 Å². The first-order valence-corrected chi connectivity index (χ1v) is 12.5. The molecule has 2 aromatic carbocycles. The molecule has 0 saturated carbocycles. The number of rotatable bonds is 10. The highest BCUT2D eigenvalue weighted by molar-refractivity contribution is 7.88. The average molecular weight is 476 g/mol. The molecule has 1 atom stereocenters. The number of carbonyl (C=O) groups excluding carboxylic acids is 2. The molecule has 2 aromatic rings. The molecule has 2 N–H and O–H groups in total. The highest BCUT2D eigenvalue weighted by Crippen LogP contribution is 2.17. The van der Waals surface area contributed by atoms with Gasteiger partial charge in [-0.05, 0) is 42.7 Å². The maximum atomic E-state index is 12.6. The van der Waals surface area contributed by atoms with E-state index in [1.165, 1.54) is 11.4 Å². The third kappa shape index (κ3) is 7.55. The van der Waals surface area contributed by atoms with E-state index in [1.54, 1.807) is 48.5 Å². The number of carbonyl (C=O) groups is 2. The second-order valence-electron chi connectivity index (χ2n) is 7.89. The molecule has 1 aliphatic rings. The number of sulfonamides is 1. The Kier molecular flexibility index (Phi) is 8.43. The molecule has 3 rings (SSSR count). The van der Waals surface area contributed by atoms with E-state index in [9.17, 15) is 18.0 Å². The molecular weight excluding hydrogens is 446 g/mol. The van der Waals surface area contributed by atoms with Gasteiger partial charge in [-0.25, -0.2) is 12.7 Å².